The lowest BCUT2D eigenvalue weighted by Crippen LogP contribution is -2.24. The third kappa shape index (κ3) is 5.85. The maximum Gasteiger partial charge on any atom is 0.275 e. The van der Waals surface area contributed by atoms with Gasteiger partial charge in [-0.15, -0.1) is 0 Å². The van der Waals surface area contributed by atoms with Crippen LogP contribution in [0.1, 0.15) is 6.42 Å². The van der Waals surface area contributed by atoms with Gasteiger partial charge in [-0.05, 0) is 6.42 Å². The fourth-order valence-corrected chi connectivity index (χ4v) is 2.00. The van der Waals surface area contributed by atoms with E-state index >= 15 is 0 Å². The van der Waals surface area contributed by atoms with E-state index in [1.165, 1.54) is 19.2 Å². The summed E-state index contributed by atoms with van der Waals surface area (Å²) in [5.41, 5.74) is 0.483. The van der Waals surface area contributed by atoms with Crippen LogP contribution in [0.4, 0.5) is 11.4 Å². The molecule has 0 spiro atoms. The normalized spacial score (nSPS) is 11.1. The largest absolute Gasteiger partial charge is 0.496 e. The van der Waals surface area contributed by atoms with Gasteiger partial charge in [-0.1, -0.05) is 0 Å². The van der Waals surface area contributed by atoms with Gasteiger partial charge in [0.15, 0.2) is 0 Å². The predicted octanol–water partition coefficient (Wildman–Crippen LogP) is 0.955. The summed E-state index contributed by atoms with van der Waals surface area (Å²) in [5, 5.41) is 13.7. The van der Waals surface area contributed by atoms with Crippen molar-refractivity contribution < 1.29 is 18.1 Å². The molecule has 0 bridgehead atoms. The Balaban J connectivity index is 2.55. The molecule has 0 amide bonds. The molecule has 20 heavy (non-hydrogen) atoms. The number of benzene rings is 1. The Hall–Kier alpha value is -1.87. The Morgan fingerprint density at radius 2 is 2.00 bits per heavy atom. The minimum absolute atomic E-state index is 0.0684. The molecule has 0 heterocycles. The van der Waals surface area contributed by atoms with E-state index in [-0.39, 0.29) is 5.69 Å². The third-order valence-electron chi connectivity index (χ3n) is 2.38. The summed E-state index contributed by atoms with van der Waals surface area (Å²) >= 11 is 0. The van der Waals surface area contributed by atoms with E-state index in [9.17, 15) is 18.5 Å². The molecule has 1 aromatic rings. The highest BCUT2D eigenvalue weighted by Crippen LogP contribution is 2.25. The molecule has 0 saturated carbocycles. The number of ether oxygens (including phenoxy) is 1. The van der Waals surface area contributed by atoms with Crippen LogP contribution in [0.25, 0.3) is 0 Å². The van der Waals surface area contributed by atoms with Crippen LogP contribution in [0, 0.1) is 10.1 Å². The van der Waals surface area contributed by atoms with Crippen LogP contribution in [0.2, 0.25) is 0 Å². The van der Waals surface area contributed by atoms with Gasteiger partial charge in [-0.2, -0.15) is 0 Å². The highest BCUT2D eigenvalue weighted by molar-refractivity contribution is 7.88. The Morgan fingerprint density at radius 1 is 1.30 bits per heavy atom. The monoisotopic (exact) mass is 303 g/mol. The molecule has 0 aliphatic rings. The van der Waals surface area contributed by atoms with E-state index in [2.05, 4.69) is 10.0 Å². The lowest BCUT2D eigenvalue weighted by Gasteiger charge is -2.08. The highest BCUT2D eigenvalue weighted by Gasteiger charge is 2.09. The molecule has 8 nitrogen and oxygen atoms in total. The zero-order chi connectivity index (χ0) is 15.2. The molecular formula is C11H17N3O5S. The summed E-state index contributed by atoms with van der Waals surface area (Å²) in [4.78, 5) is 10.3. The molecule has 0 saturated heterocycles. The molecule has 9 heteroatoms. The maximum absolute atomic E-state index is 10.8. The van der Waals surface area contributed by atoms with Crippen LogP contribution >= 0.6 is 0 Å². The lowest BCUT2D eigenvalue weighted by atomic mass is 10.2. The van der Waals surface area contributed by atoms with Crippen LogP contribution < -0.4 is 14.8 Å². The topological polar surface area (TPSA) is 111 Å². The smallest absolute Gasteiger partial charge is 0.275 e. The minimum Gasteiger partial charge on any atom is -0.496 e. The number of hydrogen-bond acceptors (Lipinski definition) is 6. The second-order valence-electron chi connectivity index (χ2n) is 4.12. The van der Waals surface area contributed by atoms with E-state index in [1.807, 2.05) is 0 Å². The maximum atomic E-state index is 10.8. The summed E-state index contributed by atoms with van der Waals surface area (Å²) in [6.07, 6.45) is 1.64. The molecular weight excluding hydrogens is 286 g/mol. The number of methoxy groups -OCH3 is 1. The van der Waals surface area contributed by atoms with Crippen molar-refractivity contribution in [2.75, 3.05) is 31.8 Å². The number of nitro groups is 1. The quantitative estimate of drug-likeness (QED) is 0.420. The first-order valence-corrected chi connectivity index (χ1v) is 7.73. The number of nitrogens with one attached hydrogen (secondary N) is 2. The number of hydrogen-bond donors (Lipinski definition) is 2. The van der Waals surface area contributed by atoms with Gasteiger partial charge in [0.1, 0.15) is 5.75 Å². The molecule has 0 atom stereocenters. The Labute approximate surface area is 117 Å². The molecule has 0 aliphatic heterocycles. The van der Waals surface area contributed by atoms with Crippen molar-refractivity contribution in [3.63, 3.8) is 0 Å². The number of anilines is 1. The van der Waals surface area contributed by atoms with Crippen molar-refractivity contribution in [1.29, 1.82) is 0 Å². The molecule has 1 rings (SSSR count). The first-order chi connectivity index (χ1) is 9.31. The average Bonchev–Trinajstić information content (AvgIpc) is 2.36. The summed E-state index contributed by atoms with van der Waals surface area (Å²) in [6, 6.07) is 4.36. The van der Waals surface area contributed by atoms with Crippen molar-refractivity contribution in [1.82, 2.24) is 4.72 Å². The van der Waals surface area contributed by atoms with Gasteiger partial charge in [0.05, 0.1) is 24.4 Å². The zero-order valence-corrected chi connectivity index (χ0v) is 12.1. The van der Waals surface area contributed by atoms with E-state index in [1.54, 1.807) is 6.07 Å². The number of rotatable bonds is 8. The molecule has 2 N–H and O–H groups in total. The van der Waals surface area contributed by atoms with Crippen LogP contribution in [0.5, 0.6) is 5.75 Å². The van der Waals surface area contributed by atoms with Gasteiger partial charge in [0.2, 0.25) is 10.0 Å². The third-order valence-corrected chi connectivity index (χ3v) is 3.11. The van der Waals surface area contributed by atoms with Gasteiger partial charge in [-0.25, -0.2) is 13.1 Å². The average molecular weight is 303 g/mol. The fourth-order valence-electron chi connectivity index (χ4n) is 1.49. The molecule has 0 radical (unpaired) electrons. The Bertz CT molecular complexity index is 573. The SMILES string of the molecule is COc1cc(NCCCNS(C)(=O)=O)cc([N+](=O)[O-])c1. The minimum atomic E-state index is -3.18. The Kier molecular flexibility index (Phi) is 5.71. The molecule has 112 valence electrons. The second-order valence-corrected chi connectivity index (χ2v) is 5.96. The van der Waals surface area contributed by atoms with E-state index in [0.717, 1.165) is 6.26 Å². The summed E-state index contributed by atoms with van der Waals surface area (Å²) < 4.78 is 29.0. The molecule has 1 aromatic carbocycles. The fraction of sp³-hybridized carbons (Fsp3) is 0.455. The van der Waals surface area contributed by atoms with Crippen molar-refractivity contribution in [3.8, 4) is 5.75 Å². The van der Waals surface area contributed by atoms with Crippen LogP contribution in [0.15, 0.2) is 18.2 Å². The predicted molar refractivity (Wildman–Crippen MR) is 75.6 cm³/mol. The van der Waals surface area contributed by atoms with E-state index in [0.29, 0.717) is 30.9 Å². The molecule has 0 unspecified atom stereocenters. The van der Waals surface area contributed by atoms with Crippen LogP contribution in [-0.4, -0.2) is 39.8 Å². The molecule has 0 fully saturated rings. The summed E-state index contributed by atoms with van der Waals surface area (Å²) in [7, 11) is -1.76. The van der Waals surface area contributed by atoms with Crippen LogP contribution in [-0.2, 0) is 10.0 Å². The summed E-state index contributed by atoms with van der Waals surface area (Å²) in [6.45, 7) is 0.782. The van der Waals surface area contributed by atoms with E-state index < -0.39 is 14.9 Å². The van der Waals surface area contributed by atoms with Crippen molar-refractivity contribution >= 4 is 21.4 Å². The first-order valence-electron chi connectivity index (χ1n) is 5.84. The number of nitro benzene ring substituents is 1. The zero-order valence-electron chi connectivity index (χ0n) is 11.3. The van der Waals surface area contributed by atoms with Gasteiger partial charge in [0, 0.05) is 30.9 Å². The van der Waals surface area contributed by atoms with Crippen molar-refractivity contribution in [3.05, 3.63) is 28.3 Å². The second kappa shape index (κ2) is 7.06. The number of non-ortho nitro benzene ring substituents is 1. The van der Waals surface area contributed by atoms with Gasteiger partial charge in [-0.3, -0.25) is 10.1 Å². The number of sulfonamides is 1. The highest BCUT2D eigenvalue weighted by atomic mass is 32.2. The van der Waals surface area contributed by atoms with Crippen molar-refractivity contribution in [2.45, 2.75) is 6.42 Å². The van der Waals surface area contributed by atoms with Crippen molar-refractivity contribution in [2.24, 2.45) is 0 Å². The standard InChI is InChI=1S/C11H17N3O5S/c1-19-11-7-9(6-10(8-11)14(15)16)12-4-3-5-13-20(2,17)18/h6-8,12-13H,3-5H2,1-2H3. The summed E-state index contributed by atoms with van der Waals surface area (Å²) in [5.74, 6) is 0.385. The molecule has 0 aromatic heterocycles. The van der Waals surface area contributed by atoms with Gasteiger partial charge < -0.3 is 10.1 Å². The molecule has 0 aliphatic carbocycles. The number of nitrogens with zero attached hydrogens (tertiary/aromatic N) is 1. The van der Waals surface area contributed by atoms with Gasteiger partial charge in [0.25, 0.3) is 5.69 Å². The van der Waals surface area contributed by atoms with Gasteiger partial charge >= 0.3 is 0 Å². The Morgan fingerprint density at radius 3 is 2.55 bits per heavy atom. The lowest BCUT2D eigenvalue weighted by molar-refractivity contribution is -0.384. The van der Waals surface area contributed by atoms with Crippen LogP contribution in [0.3, 0.4) is 0 Å². The van der Waals surface area contributed by atoms with E-state index in [4.69, 9.17) is 4.74 Å². The first kappa shape index (κ1) is 16.2.